The first kappa shape index (κ1) is 13.8. The van der Waals surface area contributed by atoms with Gasteiger partial charge in [0.2, 0.25) is 0 Å². The van der Waals surface area contributed by atoms with Crippen LogP contribution in [0.3, 0.4) is 0 Å². The standard InChI is InChI=1S/C14H26N2O2/c1-4-15-14(12-5-6-12,13(17)18-3)10-16-8-7-11(2)9-16/h11-12,15H,4-10H2,1-3H3. The predicted octanol–water partition coefficient (Wildman–Crippen LogP) is 1.26. The summed E-state index contributed by atoms with van der Waals surface area (Å²) < 4.78 is 5.08. The van der Waals surface area contributed by atoms with Crippen molar-refractivity contribution in [1.29, 1.82) is 0 Å². The minimum absolute atomic E-state index is 0.0774. The Balaban J connectivity index is 2.09. The van der Waals surface area contributed by atoms with Crippen LogP contribution in [0.5, 0.6) is 0 Å². The summed E-state index contributed by atoms with van der Waals surface area (Å²) in [5.41, 5.74) is -0.465. The van der Waals surface area contributed by atoms with Crippen molar-refractivity contribution in [3.05, 3.63) is 0 Å². The molecule has 4 nitrogen and oxygen atoms in total. The second-order valence-corrected chi connectivity index (χ2v) is 5.90. The molecule has 104 valence electrons. The summed E-state index contributed by atoms with van der Waals surface area (Å²) in [6, 6.07) is 0. The second-order valence-electron chi connectivity index (χ2n) is 5.90. The molecule has 4 heteroatoms. The number of likely N-dealkylation sites (tertiary alicyclic amines) is 1. The fraction of sp³-hybridized carbons (Fsp3) is 0.929. The topological polar surface area (TPSA) is 41.6 Å². The van der Waals surface area contributed by atoms with Gasteiger partial charge in [-0.05, 0) is 44.2 Å². The van der Waals surface area contributed by atoms with Gasteiger partial charge >= 0.3 is 5.97 Å². The van der Waals surface area contributed by atoms with E-state index in [4.69, 9.17) is 4.74 Å². The van der Waals surface area contributed by atoms with Crippen molar-refractivity contribution in [2.75, 3.05) is 33.3 Å². The van der Waals surface area contributed by atoms with Crippen LogP contribution in [-0.2, 0) is 9.53 Å². The number of methoxy groups -OCH3 is 1. The van der Waals surface area contributed by atoms with Crippen molar-refractivity contribution in [2.45, 2.75) is 38.6 Å². The molecule has 1 N–H and O–H groups in total. The molecule has 2 atom stereocenters. The molecular formula is C14H26N2O2. The number of ether oxygens (including phenoxy) is 1. The Kier molecular flexibility index (Phi) is 4.28. The van der Waals surface area contributed by atoms with Gasteiger partial charge in [0, 0.05) is 13.1 Å². The average molecular weight is 254 g/mol. The molecule has 1 aliphatic carbocycles. The smallest absolute Gasteiger partial charge is 0.327 e. The van der Waals surface area contributed by atoms with E-state index in [1.807, 2.05) is 0 Å². The number of hydrogen-bond donors (Lipinski definition) is 1. The zero-order valence-electron chi connectivity index (χ0n) is 11.9. The van der Waals surface area contributed by atoms with Crippen molar-refractivity contribution < 1.29 is 9.53 Å². The molecule has 0 aromatic heterocycles. The number of likely N-dealkylation sites (N-methyl/N-ethyl adjacent to an activating group) is 1. The first-order chi connectivity index (χ1) is 8.62. The van der Waals surface area contributed by atoms with Crippen molar-refractivity contribution in [1.82, 2.24) is 10.2 Å². The largest absolute Gasteiger partial charge is 0.468 e. The second kappa shape index (κ2) is 5.57. The van der Waals surface area contributed by atoms with Gasteiger partial charge < -0.3 is 15.0 Å². The van der Waals surface area contributed by atoms with E-state index in [1.54, 1.807) is 0 Å². The van der Waals surface area contributed by atoms with Gasteiger partial charge in [0.25, 0.3) is 0 Å². The SMILES string of the molecule is CCNC(CN1CCC(C)C1)(C(=O)OC)C1CC1. The van der Waals surface area contributed by atoms with Crippen molar-refractivity contribution in [3.8, 4) is 0 Å². The average Bonchev–Trinajstić information content (AvgIpc) is 3.13. The Morgan fingerprint density at radius 1 is 1.44 bits per heavy atom. The van der Waals surface area contributed by atoms with E-state index >= 15 is 0 Å². The highest BCUT2D eigenvalue weighted by atomic mass is 16.5. The van der Waals surface area contributed by atoms with Crippen LogP contribution in [0.4, 0.5) is 0 Å². The molecule has 2 aliphatic rings. The first-order valence-corrected chi connectivity index (χ1v) is 7.18. The number of rotatable bonds is 6. The quantitative estimate of drug-likeness (QED) is 0.725. The monoisotopic (exact) mass is 254 g/mol. The molecule has 1 aliphatic heterocycles. The highest BCUT2D eigenvalue weighted by Gasteiger charge is 2.52. The molecule has 0 spiro atoms. The lowest BCUT2D eigenvalue weighted by Gasteiger charge is -2.35. The highest BCUT2D eigenvalue weighted by Crippen LogP contribution is 2.41. The fourth-order valence-corrected chi connectivity index (χ4v) is 3.23. The number of carbonyl (C=O) groups excluding carboxylic acids is 1. The minimum Gasteiger partial charge on any atom is -0.468 e. The molecule has 2 unspecified atom stereocenters. The lowest BCUT2D eigenvalue weighted by molar-refractivity contribution is -0.150. The van der Waals surface area contributed by atoms with Crippen LogP contribution in [0, 0.1) is 11.8 Å². The third kappa shape index (κ3) is 2.69. The highest BCUT2D eigenvalue weighted by molar-refractivity contribution is 5.82. The molecular weight excluding hydrogens is 228 g/mol. The van der Waals surface area contributed by atoms with Gasteiger partial charge in [-0.15, -0.1) is 0 Å². The van der Waals surface area contributed by atoms with Gasteiger partial charge in [0.05, 0.1) is 7.11 Å². The summed E-state index contributed by atoms with van der Waals surface area (Å²) in [5, 5.41) is 3.43. The van der Waals surface area contributed by atoms with Crippen LogP contribution in [-0.4, -0.2) is 49.7 Å². The van der Waals surface area contributed by atoms with Crippen molar-refractivity contribution in [2.24, 2.45) is 11.8 Å². The Labute approximate surface area is 110 Å². The fourth-order valence-electron chi connectivity index (χ4n) is 3.23. The van der Waals surface area contributed by atoms with E-state index in [9.17, 15) is 4.79 Å². The summed E-state index contributed by atoms with van der Waals surface area (Å²) in [6.45, 7) is 8.18. The Bertz CT molecular complexity index is 304. The molecule has 0 bridgehead atoms. The minimum atomic E-state index is -0.465. The van der Waals surface area contributed by atoms with Crippen LogP contribution in [0.2, 0.25) is 0 Å². The molecule has 1 heterocycles. The molecule has 0 radical (unpaired) electrons. The molecule has 0 aromatic carbocycles. The summed E-state index contributed by atoms with van der Waals surface area (Å²) in [6.07, 6.45) is 3.53. The number of carbonyl (C=O) groups is 1. The van der Waals surface area contributed by atoms with Crippen LogP contribution in [0.15, 0.2) is 0 Å². The molecule has 1 saturated heterocycles. The Morgan fingerprint density at radius 2 is 2.17 bits per heavy atom. The van der Waals surface area contributed by atoms with Gasteiger partial charge in [-0.25, -0.2) is 4.79 Å². The van der Waals surface area contributed by atoms with E-state index < -0.39 is 5.54 Å². The summed E-state index contributed by atoms with van der Waals surface area (Å²) in [5.74, 6) is 1.13. The van der Waals surface area contributed by atoms with E-state index in [2.05, 4.69) is 24.1 Å². The number of nitrogens with zero attached hydrogens (tertiary/aromatic N) is 1. The maximum Gasteiger partial charge on any atom is 0.327 e. The van der Waals surface area contributed by atoms with Gasteiger partial charge in [0.1, 0.15) is 5.54 Å². The van der Waals surface area contributed by atoms with Crippen LogP contribution in [0.1, 0.15) is 33.1 Å². The Morgan fingerprint density at radius 3 is 2.61 bits per heavy atom. The predicted molar refractivity (Wildman–Crippen MR) is 71.4 cm³/mol. The molecule has 1 saturated carbocycles. The summed E-state index contributed by atoms with van der Waals surface area (Å²) in [7, 11) is 1.50. The molecule has 2 rings (SSSR count). The summed E-state index contributed by atoms with van der Waals surface area (Å²) >= 11 is 0. The van der Waals surface area contributed by atoms with Gasteiger partial charge in [-0.3, -0.25) is 0 Å². The normalized spacial score (nSPS) is 28.1. The van der Waals surface area contributed by atoms with E-state index in [-0.39, 0.29) is 5.97 Å². The van der Waals surface area contributed by atoms with Gasteiger partial charge in [0.15, 0.2) is 0 Å². The van der Waals surface area contributed by atoms with Crippen molar-refractivity contribution >= 4 is 5.97 Å². The van der Waals surface area contributed by atoms with Crippen LogP contribution in [0.25, 0.3) is 0 Å². The van der Waals surface area contributed by atoms with E-state index in [0.29, 0.717) is 5.92 Å². The molecule has 18 heavy (non-hydrogen) atoms. The van der Waals surface area contributed by atoms with Crippen LogP contribution >= 0.6 is 0 Å². The zero-order valence-corrected chi connectivity index (χ0v) is 11.9. The summed E-state index contributed by atoms with van der Waals surface area (Å²) in [4.78, 5) is 14.7. The molecule has 2 fully saturated rings. The lowest BCUT2D eigenvalue weighted by Crippen LogP contribution is -2.61. The number of hydrogen-bond acceptors (Lipinski definition) is 4. The van der Waals surface area contributed by atoms with Crippen LogP contribution < -0.4 is 5.32 Å². The van der Waals surface area contributed by atoms with E-state index in [0.717, 1.165) is 44.9 Å². The third-order valence-electron chi connectivity index (χ3n) is 4.30. The maximum absolute atomic E-state index is 12.3. The number of nitrogens with one attached hydrogen (secondary N) is 1. The van der Waals surface area contributed by atoms with Gasteiger partial charge in [-0.2, -0.15) is 0 Å². The maximum atomic E-state index is 12.3. The first-order valence-electron chi connectivity index (χ1n) is 7.18. The number of esters is 1. The third-order valence-corrected chi connectivity index (χ3v) is 4.30. The van der Waals surface area contributed by atoms with Gasteiger partial charge in [-0.1, -0.05) is 13.8 Å². The lowest BCUT2D eigenvalue weighted by atomic mass is 9.92. The Hall–Kier alpha value is -0.610. The van der Waals surface area contributed by atoms with Crippen molar-refractivity contribution in [3.63, 3.8) is 0 Å². The van der Waals surface area contributed by atoms with E-state index in [1.165, 1.54) is 13.5 Å². The molecule has 0 aromatic rings. The molecule has 0 amide bonds. The zero-order chi connectivity index (χ0) is 13.2.